The van der Waals surface area contributed by atoms with Crippen LogP contribution in [0.25, 0.3) is 0 Å². The van der Waals surface area contributed by atoms with Gasteiger partial charge in [0.2, 0.25) is 0 Å². The highest BCUT2D eigenvalue weighted by Gasteiger charge is 2.09. The number of nitro groups is 1. The summed E-state index contributed by atoms with van der Waals surface area (Å²) in [7, 11) is 1.59. The number of aromatic nitrogens is 1. The highest BCUT2D eigenvalue weighted by atomic mass is 35.5. The lowest BCUT2D eigenvalue weighted by atomic mass is 10.5. The molecule has 0 spiro atoms. The standard InChI is InChI=1S/C6H8ClN5O2S/c1-11(6(8)10-12(13)14)3-4-2-9-5(7)15-4/h2H,3H2,1H3,(H2,8,10). The Balaban J connectivity index is 2.63. The van der Waals surface area contributed by atoms with E-state index in [1.165, 1.54) is 16.2 Å². The Labute approximate surface area is 94.3 Å². The summed E-state index contributed by atoms with van der Waals surface area (Å²) in [5.74, 6) is -0.162. The van der Waals surface area contributed by atoms with Gasteiger partial charge in [0, 0.05) is 18.1 Å². The Morgan fingerprint density at radius 2 is 2.60 bits per heavy atom. The number of thiazole rings is 1. The monoisotopic (exact) mass is 249 g/mol. The van der Waals surface area contributed by atoms with Crippen molar-refractivity contribution in [2.24, 2.45) is 10.8 Å². The van der Waals surface area contributed by atoms with Gasteiger partial charge in [-0.1, -0.05) is 11.6 Å². The third-order valence-corrected chi connectivity index (χ3v) is 2.59. The Bertz CT molecular complexity index is 393. The van der Waals surface area contributed by atoms with Crippen molar-refractivity contribution in [1.82, 2.24) is 9.88 Å². The van der Waals surface area contributed by atoms with Crippen LogP contribution in [0.3, 0.4) is 0 Å². The van der Waals surface area contributed by atoms with Crippen LogP contribution >= 0.6 is 22.9 Å². The minimum atomic E-state index is -0.842. The molecule has 0 amide bonds. The number of hydrazone groups is 1. The van der Waals surface area contributed by atoms with Gasteiger partial charge in [-0.2, -0.15) is 0 Å². The Morgan fingerprint density at radius 3 is 3.07 bits per heavy atom. The molecule has 0 aliphatic heterocycles. The van der Waals surface area contributed by atoms with Crippen molar-refractivity contribution in [2.45, 2.75) is 6.54 Å². The van der Waals surface area contributed by atoms with Gasteiger partial charge < -0.3 is 10.6 Å². The van der Waals surface area contributed by atoms with E-state index in [9.17, 15) is 10.1 Å². The predicted octanol–water partition coefficient (Wildman–Crippen LogP) is 0.735. The molecule has 0 saturated carbocycles. The van der Waals surface area contributed by atoms with Crippen molar-refractivity contribution < 1.29 is 5.03 Å². The molecule has 9 heteroatoms. The van der Waals surface area contributed by atoms with Crippen molar-refractivity contribution in [3.63, 3.8) is 0 Å². The van der Waals surface area contributed by atoms with Crippen molar-refractivity contribution in [3.05, 3.63) is 25.7 Å². The first kappa shape index (κ1) is 11.7. The summed E-state index contributed by atoms with van der Waals surface area (Å²) in [5.41, 5.74) is 5.36. The van der Waals surface area contributed by atoms with E-state index in [2.05, 4.69) is 10.1 Å². The SMILES string of the molecule is CN(Cc1cnc(Cl)s1)/C(N)=N/[N+](=O)[O-]. The van der Waals surface area contributed by atoms with E-state index in [1.807, 2.05) is 0 Å². The Morgan fingerprint density at radius 1 is 1.93 bits per heavy atom. The van der Waals surface area contributed by atoms with Crippen LogP contribution in [0, 0.1) is 10.1 Å². The van der Waals surface area contributed by atoms with Crippen molar-refractivity contribution in [3.8, 4) is 0 Å². The second kappa shape index (κ2) is 4.89. The topological polar surface area (TPSA) is 97.7 Å². The van der Waals surface area contributed by atoms with E-state index in [0.717, 1.165) is 4.88 Å². The maximum absolute atomic E-state index is 10.1. The van der Waals surface area contributed by atoms with E-state index in [4.69, 9.17) is 17.3 Å². The van der Waals surface area contributed by atoms with Crippen LogP contribution in [0.5, 0.6) is 0 Å². The molecule has 0 atom stereocenters. The lowest BCUT2D eigenvalue weighted by Crippen LogP contribution is -2.33. The number of rotatable bonds is 3. The van der Waals surface area contributed by atoms with Crippen LogP contribution in [-0.4, -0.2) is 27.9 Å². The van der Waals surface area contributed by atoms with Crippen molar-refractivity contribution in [2.75, 3.05) is 7.05 Å². The lowest BCUT2D eigenvalue weighted by molar-refractivity contribution is -0.485. The molecule has 0 aliphatic rings. The average Bonchev–Trinajstić information content (AvgIpc) is 2.50. The molecule has 2 N–H and O–H groups in total. The van der Waals surface area contributed by atoms with E-state index >= 15 is 0 Å². The highest BCUT2D eigenvalue weighted by Crippen LogP contribution is 2.18. The van der Waals surface area contributed by atoms with Crippen molar-refractivity contribution in [1.29, 1.82) is 0 Å². The molecular weight excluding hydrogens is 242 g/mol. The Hall–Kier alpha value is -1.41. The van der Waals surface area contributed by atoms with Crippen LogP contribution in [-0.2, 0) is 6.54 Å². The summed E-state index contributed by atoms with van der Waals surface area (Å²) < 4.78 is 0.420. The van der Waals surface area contributed by atoms with Crippen LogP contribution < -0.4 is 5.73 Å². The summed E-state index contributed by atoms with van der Waals surface area (Å²) in [6.07, 6.45) is 1.59. The third kappa shape index (κ3) is 3.68. The number of halogens is 1. The van der Waals surface area contributed by atoms with Crippen LogP contribution in [0.2, 0.25) is 4.47 Å². The molecule has 0 aliphatic carbocycles. The molecule has 1 heterocycles. The molecule has 0 unspecified atom stereocenters. The molecule has 15 heavy (non-hydrogen) atoms. The van der Waals surface area contributed by atoms with Crippen LogP contribution in [0.4, 0.5) is 0 Å². The van der Waals surface area contributed by atoms with Gasteiger partial charge in [0.1, 0.15) is 5.10 Å². The normalized spacial score (nSPS) is 11.5. The zero-order valence-electron chi connectivity index (χ0n) is 7.75. The predicted molar refractivity (Wildman–Crippen MR) is 57.2 cm³/mol. The van der Waals surface area contributed by atoms with Crippen LogP contribution in [0.15, 0.2) is 11.3 Å². The Kier molecular flexibility index (Phi) is 3.81. The molecule has 0 bridgehead atoms. The second-order valence-electron chi connectivity index (χ2n) is 2.63. The molecule has 7 nitrogen and oxygen atoms in total. The van der Waals surface area contributed by atoms with Gasteiger partial charge in [-0.15, -0.1) is 11.3 Å². The number of nitrogens with zero attached hydrogens (tertiary/aromatic N) is 4. The van der Waals surface area contributed by atoms with Gasteiger partial charge in [-0.25, -0.2) is 15.1 Å². The number of hydrogen-bond acceptors (Lipinski definition) is 4. The first-order chi connectivity index (χ1) is 6.99. The second-order valence-corrected chi connectivity index (χ2v) is 4.33. The minimum absolute atomic E-state index is 0.162. The fourth-order valence-electron chi connectivity index (χ4n) is 0.831. The van der Waals surface area contributed by atoms with E-state index < -0.39 is 5.03 Å². The largest absolute Gasteiger partial charge is 0.365 e. The quantitative estimate of drug-likeness (QED) is 0.369. The highest BCUT2D eigenvalue weighted by molar-refractivity contribution is 7.15. The number of guanidine groups is 1. The van der Waals surface area contributed by atoms with Crippen molar-refractivity contribution >= 4 is 28.9 Å². The smallest absolute Gasteiger partial charge is 0.268 e. The summed E-state index contributed by atoms with van der Waals surface area (Å²) in [4.78, 5) is 16.2. The number of hydrogen-bond donors (Lipinski definition) is 1. The lowest BCUT2D eigenvalue weighted by Gasteiger charge is -2.13. The fraction of sp³-hybridized carbons (Fsp3) is 0.333. The van der Waals surface area contributed by atoms with Gasteiger partial charge in [-0.05, 0) is 0 Å². The maximum Gasteiger partial charge on any atom is 0.268 e. The van der Waals surface area contributed by atoms with Gasteiger partial charge in [0.15, 0.2) is 9.50 Å². The molecule has 82 valence electrons. The molecular formula is C6H8ClN5O2S. The maximum atomic E-state index is 10.1. The summed E-state index contributed by atoms with van der Waals surface area (Å²) in [6.45, 7) is 0.383. The molecule has 0 saturated heterocycles. The fourth-order valence-corrected chi connectivity index (χ4v) is 1.86. The molecule has 1 aromatic rings. The van der Waals surface area contributed by atoms with Gasteiger partial charge >= 0.3 is 0 Å². The number of nitrogens with two attached hydrogens (primary N) is 1. The molecule has 1 rings (SSSR count). The molecule has 0 aromatic carbocycles. The first-order valence-corrected chi connectivity index (χ1v) is 4.98. The van der Waals surface area contributed by atoms with Gasteiger partial charge in [0.05, 0.1) is 6.54 Å². The summed E-state index contributed by atoms with van der Waals surface area (Å²) in [5, 5.41) is 12.2. The summed E-state index contributed by atoms with van der Waals surface area (Å²) in [6, 6.07) is 0. The minimum Gasteiger partial charge on any atom is -0.365 e. The van der Waals surface area contributed by atoms with Crippen LogP contribution in [0.1, 0.15) is 4.88 Å². The molecule has 0 fully saturated rings. The zero-order chi connectivity index (χ0) is 11.4. The first-order valence-electron chi connectivity index (χ1n) is 3.79. The van der Waals surface area contributed by atoms with Gasteiger partial charge in [-0.3, -0.25) is 0 Å². The van der Waals surface area contributed by atoms with E-state index in [-0.39, 0.29) is 5.96 Å². The molecule has 0 radical (unpaired) electrons. The molecule has 1 aromatic heterocycles. The summed E-state index contributed by atoms with van der Waals surface area (Å²) >= 11 is 6.91. The third-order valence-electron chi connectivity index (χ3n) is 1.49. The van der Waals surface area contributed by atoms with E-state index in [0.29, 0.717) is 11.0 Å². The van der Waals surface area contributed by atoms with E-state index in [1.54, 1.807) is 13.2 Å². The zero-order valence-corrected chi connectivity index (χ0v) is 9.33. The van der Waals surface area contributed by atoms with Gasteiger partial charge in [0.25, 0.3) is 5.96 Å². The average molecular weight is 250 g/mol.